The van der Waals surface area contributed by atoms with Gasteiger partial charge in [-0.25, -0.2) is 4.98 Å². The molecular weight excluding hydrogens is 394 g/mol. The molecule has 7 heteroatoms. The first kappa shape index (κ1) is 20.7. The van der Waals surface area contributed by atoms with Crippen molar-refractivity contribution in [3.8, 4) is 17.1 Å². The summed E-state index contributed by atoms with van der Waals surface area (Å²) >= 11 is 1.44. The predicted molar refractivity (Wildman–Crippen MR) is 122 cm³/mol. The van der Waals surface area contributed by atoms with Crippen LogP contribution in [0.25, 0.3) is 11.3 Å². The fourth-order valence-electron chi connectivity index (χ4n) is 4.09. The van der Waals surface area contributed by atoms with Gasteiger partial charge in [0.1, 0.15) is 6.10 Å². The summed E-state index contributed by atoms with van der Waals surface area (Å²) in [6.45, 7) is 8.77. The average Bonchev–Trinajstić information content (AvgIpc) is 3.25. The normalized spacial score (nSPS) is 17.8. The van der Waals surface area contributed by atoms with Gasteiger partial charge in [0.2, 0.25) is 11.8 Å². The highest BCUT2D eigenvalue weighted by Crippen LogP contribution is 2.40. The first-order chi connectivity index (χ1) is 14.3. The molecule has 0 radical (unpaired) electrons. The van der Waals surface area contributed by atoms with Crippen molar-refractivity contribution >= 4 is 17.9 Å². The van der Waals surface area contributed by atoms with E-state index in [1.54, 1.807) is 4.68 Å². The van der Waals surface area contributed by atoms with Gasteiger partial charge in [0.25, 0.3) is 0 Å². The molecular formula is C23H29N5OS. The van der Waals surface area contributed by atoms with Crippen LogP contribution in [0.3, 0.4) is 0 Å². The Bertz CT molecular complexity index is 1030. The fraction of sp³-hybridized carbons (Fsp3) is 0.435. The number of rotatable bonds is 6. The summed E-state index contributed by atoms with van der Waals surface area (Å²) in [5.41, 5.74) is 4.53. The molecule has 0 amide bonds. The van der Waals surface area contributed by atoms with E-state index >= 15 is 0 Å². The van der Waals surface area contributed by atoms with E-state index in [4.69, 9.17) is 9.72 Å². The monoisotopic (exact) mass is 423 g/mol. The van der Waals surface area contributed by atoms with Gasteiger partial charge in [-0.2, -0.15) is 10.1 Å². The van der Waals surface area contributed by atoms with Crippen molar-refractivity contribution in [1.82, 2.24) is 19.7 Å². The van der Waals surface area contributed by atoms with Crippen molar-refractivity contribution in [3.05, 3.63) is 47.8 Å². The Balaban J connectivity index is 1.68. The lowest BCUT2D eigenvalue weighted by molar-refractivity contribution is 0.0984. The van der Waals surface area contributed by atoms with Gasteiger partial charge in [0.15, 0.2) is 0 Å². The van der Waals surface area contributed by atoms with Gasteiger partial charge >= 0.3 is 0 Å². The average molecular weight is 424 g/mol. The highest BCUT2D eigenvalue weighted by atomic mass is 32.2. The van der Waals surface area contributed by atoms with Gasteiger partial charge in [-0.1, -0.05) is 32.0 Å². The molecule has 1 saturated carbocycles. The third-order valence-corrected chi connectivity index (χ3v) is 6.53. The summed E-state index contributed by atoms with van der Waals surface area (Å²) < 4.78 is 11.5. The van der Waals surface area contributed by atoms with E-state index in [2.05, 4.69) is 60.7 Å². The number of hydrogen-bond donors (Lipinski definition) is 1. The largest absolute Gasteiger partial charge is 0.474 e. The number of aryl methyl sites for hydroxylation is 3. The number of nitrogens with one attached hydrogen (secondary N) is 1. The lowest BCUT2D eigenvalue weighted by Gasteiger charge is -2.27. The van der Waals surface area contributed by atoms with Gasteiger partial charge in [-0.3, -0.25) is 9.40 Å². The molecule has 4 rings (SSSR count). The highest BCUT2D eigenvalue weighted by molar-refractivity contribution is 8.00. The summed E-state index contributed by atoms with van der Waals surface area (Å²) in [5, 5.41) is 4.21. The molecule has 1 aliphatic rings. The molecule has 3 aromatic rings. The van der Waals surface area contributed by atoms with Crippen molar-refractivity contribution in [1.29, 1.82) is 0 Å². The van der Waals surface area contributed by atoms with Crippen LogP contribution >= 0.6 is 11.9 Å². The number of anilines is 1. The Kier molecular flexibility index (Phi) is 5.73. The highest BCUT2D eigenvalue weighted by Gasteiger charge is 2.36. The molecule has 2 aromatic heterocycles. The number of nitrogens with zero attached hydrogens (tertiary/aromatic N) is 4. The van der Waals surface area contributed by atoms with Crippen molar-refractivity contribution in [2.75, 3.05) is 4.72 Å². The molecule has 1 aliphatic carbocycles. The zero-order valence-corrected chi connectivity index (χ0v) is 19.1. The molecule has 6 nitrogen and oxygen atoms in total. The summed E-state index contributed by atoms with van der Waals surface area (Å²) in [5.74, 6) is 1.16. The summed E-state index contributed by atoms with van der Waals surface area (Å²) in [4.78, 5) is 10.5. The van der Waals surface area contributed by atoms with Gasteiger partial charge in [0.05, 0.1) is 16.8 Å². The number of hydrogen-bond acceptors (Lipinski definition) is 6. The van der Waals surface area contributed by atoms with E-state index < -0.39 is 0 Å². The van der Waals surface area contributed by atoms with Gasteiger partial charge < -0.3 is 4.74 Å². The summed E-state index contributed by atoms with van der Waals surface area (Å²) in [7, 11) is 1.90. The SMILES string of the molecule is Cc1cccc(C)c1-c1cc(OC2CCCC2(C)C)nc(NSc2cnn(C)c2)n1. The fourth-order valence-corrected chi connectivity index (χ4v) is 4.70. The second-order valence-electron chi connectivity index (χ2n) is 8.72. The molecule has 0 saturated heterocycles. The van der Waals surface area contributed by atoms with E-state index in [-0.39, 0.29) is 11.5 Å². The van der Waals surface area contributed by atoms with Crippen LogP contribution in [0.2, 0.25) is 0 Å². The lowest BCUT2D eigenvalue weighted by atomic mass is 9.89. The summed E-state index contributed by atoms with van der Waals surface area (Å²) in [6, 6.07) is 8.28. The minimum atomic E-state index is 0.155. The maximum absolute atomic E-state index is 6.41. The molecule has 1 atom stereocenters. The van der Waals surface area contributed by atoms with Crippen molar-refractivity contribution < 1.29 is 4.74 Å². The Morgan fingerprint density at radius 2 is 1.97 bits per heavy atom. The molecule has 0 bridgehead atoms. The first-order valence-electron chi connectivity index (χ1n) is 10.4. The molecule has 0 spiro atoms. The molecule has 1 unspecified atom stereocenters. The summed E-state index contributed by atoms with van der Waals surface area (Å²) in [6.07, 6.45) is 7.35. The topological polar surface area (TPSA) is 64.9 Å². The number of aromatic nitrogens is 4. The Morgan fingerprint density at radius 3 is 2.60 bits per heavy atom. The zero-order chi connectivity index (χ0) is 21.3. The van der Waals surface area contributed by atoms with Crippen LogP contribution in [0.15, 0.2) is 41.6 Å². The molecule has 1 N–H and O–H groups in total. The Morgan fingerprint density at radius 1 is 1.20 bits per heavy atom. The smallest absolute Gasteiger partial charge is 0.237 e. The van der Waals surface area contributed by atoms with Crippen LogP contribution < -0.4 is 9.46 Å². The molecule has 1 fully saturated rings. The van der Waals surface area contributed by atoms with Gasteiger partial charge in [-0.15, -0.1) is 0 Å². The first-order valence-corrected chi connectivity index (χ1v) is 11.2. The maximum Gasteiger partial charge on any atom is 0.237 e. The zero-order valence-electron chi connectivity index (χ0n) is 18.3. The van der Waals surface area contributed by atoms with E-state index in [9.17, 15) is 0 Å². The maximum atomic E-state index is 6.41. The van der Waals surface area contributed by atoms with Gasteiger partial charge in [-0.05, 0) is 56.2 Å². The van der Waals surface area contributed by atoms with Crippen LogP contribution in [0.1, 0.15) is 44.2 Å². The standard InChI is InChI=1S/C23H29N5OS/c1-15-8-6-9-16(2)21(15)18-12-20(29-19-10-7-11-23(19,3)4)26-22(25-18)27-30-17-13-24-28(5)14-17/h6,8-9,12-14,19H,7,10-11H2,1-5H3,(H,25,26,27). The van der Waals surface area contributed by atoms with E-state index in [0.717, 1.165) is 22.6 Å². The van der Waals surface area contributed by atoms with Crippen molar-refractivity contribution in [3.63, 3.8) is 0 Å². The molecule has 2 heterocycles. The lowest BCUT2D eigenvalue weighted by Crippen LogP contribution is -2.29. The molecule has 30 heavy (non-hydrogen) atoms. The van der Waals surface area contributed by atoms with Crippen LogP contribution in [0.4, 0.5) is 5.95 Å². The third-order valence-electron chi connectivity index (χ3n) is 5.80. The number of benzene rings is 1. The Hall–Kier alpha value is -2.54. The van der Waals surface area contributed by atoms with Crippen LogP contribution in [-0.2, 0) is 7.05 Å². The van der Waals surface area contributed by atoms with E-state index in [0.29, 0.717) is 11.8 Å². The van der Waals surface area contributed by atoms with Crippen molar-refractivity contribution in [2.24, 2.45) is 12.5 Å². The van der Waals surface area contributed by atoms with Crippen LogP contribution in [-0.4, -0.2) is 25.9 Å². The van der Waals surface area contributed by atoms with Crippen LogP contribution in [0, 0.1) is 19.3 Å². The van der Waals surface area contributed by atoms with Gasteiger partial charge in [0, 0.05) is 30.3 Å². The molecule has 158 valence electrons. The molecule has 1 aromatic carbocycles. The second-order valence-corrected chi connectivity index (χ2v) is 9.60. The second kappa shape index (κ2) is 8.30. The van der Waals surface area contributed by atoms with E-state index in [1.165, 1.54) is 35.9 Å². The Labute approximate surface area is 182 Å². The van der Waals surface area contributed by atoms with E-state index in [1.807, 2.05) is 25.5 Å². The minimum Gasteiger partial charge on any atom is -0.474 e. The quantitative estimate of drug-likeness (QED) is 0.523. The predicted octanol–water partition coefficient (Wildman–Crippen LogP) is 5.57. The number of ether oxygens (including phenoxy) is 1. The third kappa shape index (κ3) is 4.46. The minimum absolute atomic E-state index is 0.155. The van der Waals surface area contributed by atoms with Crippen LogP contribution in [0.5, 0.6) is 5.88 Å². The molecule has 0 aliphatic heterocycles. The van der Waals surface area contributed by atoms with Crippen molar-refractivity contribution in [2.45, 2.75) is 58.0 Å².